The van der Waals surface area contributed by atoms with E-state index in [2.05, 4.69) is 27.5 Å². The van der Waals surface area contributed by atoms with Crippen molar-refractivity contribution in [2.24, 2.45) is 0 Å². The summed E-state index contributed by atoms with van der Waals surface area (Å²) in [5, 5.41) is 9.27. The van der Waals surface area contributed by atoms with Crippen molar-refractivity contribution in [2.45, 2.75) is 38.8 Å². The molecule has 1 aliphatic carbocycles. The first kappa shape index (κ1) is 16.0. The molecule has 128 valence electrons. The number of nitrogens with zero attached hydrogens (tertiary/aromatic N) is 3. The molecule has 1 aliphatic rings. The summed E-state index contributed by atoms with van der Waals surface area (Å²) in [5.74, 6) is 0.0370. The average Bonchev–Trinajstić information content (AvgIpc) is 3.30. The molecule has 0 saturated heterocycles. The van der Waals surface area contributed by atoms with Crippen molar-refractivity contribution < 1.29 is 4.79 Å². The first-order valence-electron chi connectivity index (χ1n) is 8.58. The van der Waals surface area contributed by atoms with E-state index in [9.17, 15) is 4.79 Å². The normalized spacial score (nSPS) is 13.4. The largest absolute Gasteiger partial charge is 0.348 e. The predicted molar refractivity (Wildman–Crippen MR) is 97.7 cm³/mol. The minimum absolute atomic E-state index is 0.0370. The third-order valence-corrected chi connectivity index (χ3v) is 5.75. The molecule has 0 fully saturated rings. The zero-order valence-electron chi connectivity index (χ0n) is 13.9. The Morgan fingerprint density at radius 1 is 1.20 bits per heavy atom. The lowest BCUT2D eigenvalue weighted by Crippen LogP contribution is -2.24. The van der Waals surface area contributed by atoms with Gasteiger partial charge in [0, 0.05) is 16.8 Å². The van der Waals surface area contributed by atoms with Gasteiger partial charge in [0.15, 0.2) is 0 Å². The van der Waals surface area contributed by atoms with Crippen LogP contribution < -0.4 is 5.32 Å². The fourth-order valence-corrected chi connectivity index (χ4v) is 4.45. The number of hydrogen-bond acceptors (Lipinski definition) is 4. The monoisotopic (exact) mass is 352 g/mol. The van der Waals surface area contributed by atoms with Crippen molar-refractivity contribution >= 4 is 17.2 Å². The third kappa shape index (κ3) is 3.49. The summed E-state index contributed by atoms with van der Waals surface area (Å²) in [6.07, 6.45) is 7.81. The number of rotatable bonds is 5. The Hall–Kier alpha value is -2.47. The lowest BCUT2D eigenvalue weighted by atomic mass is 9.95. The zero-order chi connectivity index (χ0) is 17.1. The second kappa shape index (κ2) is 7.19. The SMILES string of the molecule is O=C(NCc1ccccc1Cn1cncn1)c1csc2c1CCCC2. The number of aromatic nitrogens is 3. The van der Waals surface area contributed by atoms with Gasteiger partial charge in [-0.25, -0.2) is 9.67 Å². The molecule has 0 radical (unpaired) electrons. The average molecular weight is 352 g/mol. The second-order valence-corrected chi connectivity index (χ2v) is 7.27. The molecule has 6 heteroatoms. The minimum atomic E-state index is 0.0370. The van der Waals surface area contributed by atoms with Crippen LogP contribution in [0.5, 0.6) is 0 Å². The van der Waals surface area contributed by atoms with Gasteiger partial charge in [-0.15, -0.1) is 11.3 Å². The van der Waals surface area contributed by atoms with Gasteiger partial charge in [0.1, 0.15) is 12.7 Å². The standard InChI is InChI=1S/C19H20N4OS/c24-19(17-11-25-18-8-4-3-7-16(17)18)21-9-14-5-1-2-6-15(14)10-23-13-20-12-22-23/h1-2,5-6,11-13H,3-4,7-10H2,(H,21,24). The molecule has 1 amide bonds. The Bertz CT molecular complexity index is 869. The molecule has 1 N–H and O–H groups in total. The molecular weight excluding hydrogens is 332 g/mol. The van der Waals surface area contributed by atoms with Crippen LogP contribution in [0.15, 0.2) is 42.3 Å². The number of carbonyl (C=O) groups excluding carboxylic acids is 1. The van der Waals surface area contributed by atoms with Gasteiger partial charge in [-0.1, -0.05) is 24.3 Å². The molecule has 0 bridgehead atoms. The molecule has 0 unspecified atom stereocenters. The predicted octanol–water partition coefficient (Wildman–Crippen LogP) is 3.20. The summed E-state index contributed by atoms with van der Waals surface area (Å²) in [5.41, 5.74) is 4.38. The van der Waals surface area contributed by atoms with E-state index in [1.54, 1.807) is 22.3 Å². The zero-order valence-corrected chi connectivity index (χ0v) is 14.8. The summed E-state index contributed by atoms with van der Waals surface area (Å²) < 4.78 is 1.79. The Kier molecular flexibility index (Phi) is 4.61. The number of thiophene rings is 1. The molecule has 1 aromatic carbocycles. The molecule has 2 heterocycles. The first-order chi connectivity index (χ1) is 12.3. The summed E-state index contributed by atoms with van der Waals surface area (Å²) >= 11 is 1.73. The van der Waals surface area contributed by atoms with Crippen molar-refractivity contribution in [3.8, 4) is 0 Å². The summed E-state index contributed by atoms with van der Waals surface area (Å²) in [6, 6.07) is 8.12. The van der Waals surface area contributed by atoms with Gasteiger partial charge in [0.2, 0.25) is 0 Å². The highest BCUT2D eigenvalue weighted by atomic mass is 32.1. The van der Waals surface area contributed by atoms with Crippen LogP contribution in [-0.4, -0.2) is 20.7 Å². The molecule has 0 spiro atoms. The molecule has 0 saturated carbocycles. The highest BCUT2D eigenvalue weighted by Crippen LogP contribution is 2.30. The fraction of sp³-hybridized carbons (Fsp3) is 0.316. The van der Waals surface area contributed by atoms with Crippen LogP contribution in [0.4, 0.5) is 0 Å². The summed E-state index contributed by atoms with van der Waals surface area (Å²) in [6.45, 7) is 1.17. The number of fused-ring (bicyclic) bond motifs is 1. The van der Waals surface area contributed by atoms with Gasteiger partial charge in [-0.2, -0.15) is 5.10 Å². The number of benzene rings is 1. The van der Waals surface area contributed by atoms with Gasteiger partial charge < -0.3 is 5.32 Å². The maximum absolute atomic E-state index is 12.6. The lowest BCUT2D eigenvalue weighted by Gasteiger charge is -2.14. The summed E-state index contributed by atoms with van der Waals surface area (Å²) in [7, 11) is 0. The van der Waals surface area contributed by atoms with Crippen LogP contribution in [0, 0.1) is 0 Å². The van der Waals surface area contributed by atoms with E-state index >= 15 is 0 Å². The highest BCUT2D eigenvalue weighted by Gasteiger charge is 2.20. The maximum Gasteiger partial charge on any atom is 0.252 e. The summed E-state index contributed by atoms with van der Waals surface area (Å²) in [4.78, 5) is 18.0. The van der Waals surface area contributed by atoms with E-state index in [1.807, 2.05) is 17.5 Å². The van der Waals surface area contributed by atoms with Crippen molar-refractivity contribution in [1.82, 2.24) is 20.1 Å². The van der Waals surface area contributed by atoms with Crippen molar-refractivity contribution in [3.05, 3.63) is 69.4 Å². The Balaban J connectivity index is 1.46. The number of nitrogens with one attached hydrogen (secondary N) is 1. The topological polar surface area (TPSA) is 59.8 Å². The van der Waals surface area contributed by atoms with Crippen LogP contribution in [-0.2, 0) is 25.9 Å². The molecular formula is C19H20N4OS. The van der Waals surface area contributed by atoms with Gasteiger partial charge in [0.25, 0.3) is 5.91 Å². The molecule has 4 rings (SSSR count). The smallest absolute Gasteiger partial charge is 0.252 e. The van der Waals surface area contributed by atoms with Gasteiger partial charge in [0.05, 0.1) is 12.1 Å². The van der Waals surface area contributed by atoms with Gasteiger partial charge >= 0.3 is 0 Å². The molecule has 0 aliphatic heterocycles. The third-order valence-electron chi connectivity index (χ3n) is 4.66. The lowest BCUT2D eigenvalue weighted by molar-refractivity contribution is 0.0950. The van der Waals surface area contributed by atoms with E-state index in [-0.39, 0.29) is 5.91 Å². The van der Waals surface area contributed by atoms with Crippen molar-refractivity contribution in [2.75, 3.05) is 0 Å². The van der Waals surface area contributed by atoms with E-state index in [0.717, 1.165) is 29.5 Å². The molecule has 3 aromatic rings. The number of aryl methyl sites for hydroxylation is 1. The molecule has 25 heavy (non-hydrogen) atoms. The molecule has 0 atom stereocenters. The quantitative estimate of drug-likeness (QED) is 0.767. The maximum atomic E-state index is 12.6. The van der Waals surface area contributed by atoms with Crippen LogP contribution in [0.3, 0.4) is 0 Å². The Labute approximate surface area is 150 Å². The highest BCUT2D eigenvalue weighted by molar-refractivity contribution is 7.10. The minimum Gasteiger partial charge on any atom is -0.348 e. The van der Waals surface area contributed by atoms with Crippen LogP contribution >= 0.6 is 11.3 Å². The van der Waals surface area contributed by atoms with Crippen LogP contribution in [0.25, 0.3) is 0 Å². The molecule has 5 nitrogen and oxygen atoms in total. The van der Waals surface area contributed by atoms with Gasteiger partial charge in [-0.3, -0.25) is 4.79 Å². The van der Waals surface area contributed by atoms with Gasteiger partial charge in [-0.05, 0) is 42.4 Å². The second-order valence-electron chi connectivity index (χ2n) is 6.30. The first-order valence-corrected chi connectivity index (χ1v) is 9.46. The Morgan fingerprint density at radius 2 is 2.04 bits per heavy atom. The van der Waals surface area contributed by atoms with Crippen molar-refractivity contribution in [3.63, 3.8) is 0 Å². The number of hydrogen-bond donors (Lipinski definition) is 1. The van der Waals surface area contributed by atoms with Crippen LogP contribution in [0.2, 0.25) is 0 Å². The molecule has 2 aromatic heterocycles. The van der Waals surface area contributed by atoms with Crippen LogP contribution in [0.1, 0.15) is 44.8 Å². The fourth-order valence-electron chi connectivity index (χ4n) is 3.33. The Morgan fingerprint density at radius 3 is 2.88 bits per heavy atom. The van der Waals surface area contributed by atoms with E-state index < -0.39 is 0 Å². The number of amides is 1. The number of carbonyl (C=O) groups is 1. The van der Waals surface area contributed by atoms with E-state index in [4.69, 9.17) is 0 Å². The van der Waals surface area contributed by atoms with Crippen molar-refractivity contribution in [1.29, 1.82) is 0 Å². The van der Waals surface area contributed by atoms with E-state index in [0.29, 0.717) is 13.1 Å². The van der Waals surface area contributed by atoms with E-state index in [1.165, 1.54) is 29.6 Å².